The van der Waals surface area contributed by atoms with Crippen LogP contribution in [0.2, 0.25) is 0 Å². The maximum absolute atomic E-state index is 12.7. The molecular formula is C26H23N3O4. The summed E-state index contributed by atoms with van der Waals surface area (Å²) in [7, 11) is 0. The molecule has 0 radical (unpaired) electrons. The highest BCUT2D eigenvalue weighted by Crippen LogP contribution is 2.36. The molecule has 0 aliphatic carbocycles. The van der Waals surface area contributed by atoms with Crippen LogP contribution in [0.3, 0.4) is 0 Å². The molecule has 1 aliphatic heterocycles. The van der Waals surface area contributed by atoms with Crippen molar-refractivity contribution in [3.05, 3.63) is 93.5 Å². The highest BCUT2D eigenvalue weighted by atomic mass is 16.4. The number of rotatable bonds is 5. The second kappa shape index (κ2) is 8.11. The molecule has 0 spiro atoms. The Morgan fingerprint density at radius 1 is 1.12 bits per heavy atom. The first-order valence-corrected chi connectivity index (χ1v) is 10.8. The molecule has 0 saturated carbocycles. The predicted molar refractivity (Wildman–Crippen MR) is 128 cm³/mol. The molecule has 7 heteroatoms. The van der Waals surface area contributed by atoms with Crippen molar-refractivity contribution in [3.63, 3.8) is 0 Å². The van der Waals surface area contributed by atoms with Crippen LogP contribution < -0.4 is 10.9 Å². The third-order valence-corrected chi connectivity index (χ3v) is 6.11. The summed E-state index contributed by atoms with van der Waals surface area (Å²) in [5, 5.41) is 24.7. The molecule has 5 rings (SSSR count). The summed E-state index contributed by atoms with van der Waals surface area (Å²) in [6.45, 7) is 2.18. The van der Waals surface area contributed by atoms with E-state index in [2.05, 4.69) is 10.3 Å². The quantitative estimate of drug-likeness (QED) is 0.373. The zero-order chi connectivity index (χ0) is 23.1. The van der Waals surface area contributed by atoms with Gasteiger partial charge in [0, 0.05) is 40.5 Å². The first kappa shape index (κ1) is 20.8. The Bertz CT molecular complexity index is 1480. The van der Waals surface area contributed by atoms with Gasteiger partial charge in [0.2, 0.25) is 0 Å². The number of nitrogens with zero attached hydrogens (tertiary/aromatic N) is 1. The monoisotopic (exact) mass is 441 g/mol. The number of aliphatic hydroxyl groups excluding tert-OH is 1. The number of aryl methyl sites for hydroxylation is 1. The van der Waals surface area contributed by atoms with Gasteiger partial charge in [0.1, 0.15) is 11.9 Å². The molecule has 4 N–H and O–H groups in total. The van der Waals surface area contributed by atoms with Crippen molar-refractivity contribution in [2.24, 2.45) is 0 Å². The molecule has 2 aromatic heterocycles. The van der Waals surface area contributed by atoms with Gasteiger partial charge in [-0.25, -0.2) is 4.79 Å². The Morgan fingerprint density at radius 3 is 2.70 bits per heavy atom. The molecule has 3 heterocycles. The first-order chi connectivity index (χ1) is 16.0. The smallest absolute Gasteiger partial charge is 0.353 e. The number of pyridine rings is 1. The van der Waals surface area contributed by atoms with Crippen LogP contribution in [-0.2, 0) is 13.0 Å². The molecule has 0 bridgehead atoms. The predicted octanol–water partition coefficient (Wildman–Crippen LogP) is 4.08. The van der Waals surface area contributed by atoms with Crippen molar-refractivity contribution in [1.29, 1.82) is 0 Å². The lowest BCUT2D eigenvalue weighted by Crippen LogP contribution is -2.28. The number of carbonyl (C=O) groups is 1. The zero-order valence-electron chi connectivity index (χ0n) is 18.0. The molecule has 0 saturated heterocycles. The normalized spacial score (nSPS) is 15.1. The fraction of sp³-hybridized carbons (Fsp3) is 0.154. The molecule has 0 amide bonds. The number of nitrogens with one attached hydrogen (secondary N) is 2. The number of aromatic amines is 1. The van der Waals surface area contributed by atoms with E-state index in [0.717, 1.165) is 23.2 Å². The summed E-state index contributed by atoms with van der Waals surface area (Å²) in [6.07, 6.45) is 3.22. The Kier molecular flexibility index (Phi) is 5.11. The van der Waals surface area contributed by atoms with E-state index in [-0.39, 0.29) is 17.8 Å². The third-order valence-electron chi connectivity index (χ3n) is 6.11. The number of hydrogen-bond acceptors (Lipinski definition) is 4. The molecule has 1 unspecified atom stereocenters. The van der Waals surface area contributed by atoms with Crippen LogP contribution in [-0.4, -0.2) is 32.0 Å². The van der Waals surface area contributed by atoms with E-state index < -0.39 is 12.2 Å². The zero-order valence-corrected chi connectivity index (χ0v) is 18.0. The maximum Gasteiger partial charge on any atom is 0.353 e. The Labute approximate surface area is 189 Å². The number of benzene rings is 2. The molecule has 166 valence electrons. The van der Waals surface area contributed by atoms with Crippen LogP contribution >= 0.6 is 0 Å². The van der Waals surface area contributed by atoms with Gasteiger partial charge in [0.25, 0.3) is 5.56 Å². The van der Waals surface area contributed by atoms with Crippen LogP contribution in [0.4, 0.5) is 5.69 Å². The molecular weight excluding hydrogens is 418 g/mol. The first-order valence-electron chi connectivity index (χ1n) is 10.8. The van der Waals surface area contributed by atoms with Gasteiger partial charge >= 0.3 is 5.97 Å². The highest BCUT2D eigenvalue weighted by molar-refractivity contribution is 6.08. The van der Waals surface area contributed by atoms with Gasteiger partial charge in [-0.1, -0.05) is 31.2 Å². The summed E-state index contributed by atoms with van der Waals surface area (Å²) in [6, 6.07) is 16.7. The summed E-state index contributed by atoms with van der Waals surface area (Å²) in [5.41, 5.74) is 4.43. The van der Waals surface area contributed by atoms with E-state index in [0.29, 0.717) is 27.6 Å². The second-order valence-electron chi connectivity index (χ2n) is 8.09. The van der Waals surface area contributed by atoms with E-state index in [1.807, 2.05) is 55.5 Å². The van der Waals surface area contributed by atoms with Crippen LogP contribution in [0, 0.1) is 0 Å². The number of fused-ring (bicyclic) bond motifs is 2. The molecule has 33 heavy (non-hydrogen) atoms. The van der Waals surface area contributed by atoms with E-state index >= 15 is 0 Å². The van der Waals surface area contributed by atoms with Crippen LogP contribution in [0.15, 0.2) is 71.2 Å². The average molecular weight is 441 g/mol. The lowest BCUT2D eigenvalue weighted by atomic mass is 10.0. The minimum atomic E-state index is -1.14. The van der Waals surface area contributed by atoms with Gasteiger partial charge in [-0.05, 0) is 59.5 Å². The summed E-state index contributed by atoms with van der Waals surface area (Å²) >= 11 is 0. The molecule has 2 aromatic carbocycles. The van der Waals surface area contributed by atoms with Crippen molar-refractivity contribution in [2.45, 2.75) is 26.1 Å². The minimum absolute atomic E-state index is 0.0157. The number of H-pyrrole nitrogens is 1. The standard InChI is InChI=1S/C26H23N3O4/c1-2-15-9-10-21-19(12-15)22(18-7-5-11-27-25(18)31)23(26(32)33)29(21)14-17-13-16-6-3-4-8-20(16)28-24(17)30/h3-13,24,28,30H,2,14H2,1H3,(H,27,31)(H,32,33). The Hall–Kier alpha value is -4.10. The maximum atomic E-state index is 12.7. The molecule has 4 aromatic rings. The van der Waals surface area contributed by atoms with Gasteiger partial charge in [0.15, 0.2) is 0 Å². The van der Waals surface area contributed by atoms with Gasteiger partial charge < -0.3 is 25.1 Å². The average Bonchev–Trinajstić information content (AvgIpc) is 3.13. The van der Waals surface area contributed by atoms with E-state index in [9.17, 15) is 19.8 Å². The van der Waals surface area contributed by atoms with E-state index in [4.69, 9.17) is 0 Å². The van der Waals surface area contributed by atoms with Crippen molar-refractivity contribution >= 4 is 28.6 Å². The lowest BCUT2D eigenvalue weighted by molar-refractivity contribution is 0.0686. The number of aromatic carboxylic acids is 1. The van der Waals surface area contributed by atoms with Gasteiger partial charge in [-0.2, -0.15) is 0 Å². The van der Waals surface area contributed by atoms with Gasteiger partial charge in [-0.3, -0.25) is 4.79 Å². The fourth-order valence-electron chi connectivity index (χ4n) is 4.49. The number of anilines is 1. The molecule has 1 aliphatic rings. The number of aromatic nitrogens is 2. The number of carboxylic acid groups (broad SMARTS) is 1. The summed E-state index contributed by atoms with van der Waals surface area (Å²) in [5.74, 6) is -1.14. The third kappa shape index (κ3) is 3.52. The number of hydrogen-bond donors (Lipinski definition) is 4. The fourth-order valence-corrected chi connectivity index (χ4v) is 4.49. The minimum Gasteiger partial charge on any atom is -0.477 e. The van der Waals surface area contributed by atoms with Crippen molar-refractivity contribution < 1.29 is 15.0 Å². The van der Waals surface area contributed by atoms with Crippen molar-refractivity contribution in [1.82, 2.24) is 9.55 Å². The second-order valence-corrected chi connectivity index (χ2v) is 8.09. The molecule has 0 fully saturated rings. The van der Waals surface area contributed by atoms with Gasteiger partial charge in [0.05, 0.1) is 0 Å². The van der Waals surface area contributed by atoms with Crippen molar-refractivity contribution in [3.8, 4) is 11.1 Å². The number of carboxylic acids is 1. The summed E-state index contributed by atoms with van der Waals surface area (Å²) < 4.78 is 1.67. The SMILES string of the molecule is CCc1ccc2c(c1)c(-c1ccc[nH]c1=O)c(C(=O)O)n2CC1=Cc2ccccc2NC1O. The Balaban J connectivity index is 1.77. The van der Waals surface area contributed by atoms with Crippen LogP contribution in [0.5, 0.6) is 0 Å². The molecule has 1 atom stereocenters. The van der Waals surface area contributed by atoms with Crippen LogP contribution in [0.1, 0.15) is 28.5 Å². The number of para-hydroxylation sites is 1. The van der Waals surface area contributed by atoms with Crippen molar-refractivity contribution in [2.75, 3.05) is 5.32 Å². The van der Waals surface area contributed by atoms with Gasteiger partial charge in [-0.15, -0.1) is 0 Å². The van der Waals surface area contributed by atoms with E-state index in [1.165, 1.54) is 6.20 Å². The highest BCUT2D eigenvalue weighted by Gasteiger charge is 2.27. The summed E-state index contributed by atoms with van der Waals surface area (Å²) in [4.78, 5) is 27.9. The topological polar surface area (TPSA) is 107 Å². The molecule has 7 nitrogen and oxygen atoms in total. The number of aliphatic hydroxyl groups is 1. The Morgan fingerprint density at radius 2 is 1.94 bits per heavy atom. The largest absolute Gasteiger partial charge is 0.477 e. The van der Waals surface area contributed by atoms with Crippen LogP contribution in [0.25, 0.3) is 28.1 Å². The van der Waals surface area contributed by atoms with E-state index in [1.54, 1.807) is 16.7 Å². The lowest BCUT2D eigenvalue weighted by Gasteiger charge is -2.25.